The third-order valence-electron chi connectivity index (χ3n) is 3.22. The molecule has 0 saturated heterocycles. The summed E-state index contributed by atoms with van der Waals surface area (Å²) in [5, 5.41) is 6.20. The van der Waals surface area contributed by atoms with Crippen molar-refractivity contribution in [2.45, 2.75) is 19.9 Å². The Morgan fingerprint density at radius 1 is 1.20 bits per heavy atom. The lowest BCUT2D eigenvalue weighted by Gasteiger charge is -2.09. The van der Waals surface area contributed by atoms with Crippen molar-refractivity contribution in [2.75, 3.05) is 0 Å². The Hall–Kier alpha value is -1.39. The second-order valence-electron chi connectivity index (χ2n) is 4.94. The van der Waals surface area contributed by atoms with E-state index in [9.17, 15) is 0 Å². The average Bonchev–Trinajstić information content (AvgIpc) is 2.84. The molecule has 0 bridgehead atoms. The standard InChI is InChI=1S/C15H13BrClN3/c1-9(2)20-14-5-10(3-4-11(14)7-19-20)12-6-15(16)18-8-13(12)17/h3-9H,1-2H3. The number of hydrogen-bond acceptors (Lipinski definition) is 2. The number of fused-ring (bicyclic) bond motifs is 1. The minimum absolute atomic E-state index is 0.322. The normalized spacial score (nSPS) is 11.4. The smallest absolute Gasteiger partial charge is 0.106 e. The highest BCUT2D eigenvalue weighted by atomic mass is 79.9. The minimum atomic E-state index is 0.322. The molecule has 0 aliphatic carbocycles. The van der Waals surface area contributed by atoms with E-state index < -0.39 is 0 Å². The van der Waals surface area contributed by atoms with Gasteiger partial charge in [0, 0.05) is 23.2 Å². The van der Waals surface area contributed by atoms with Gasteiger partial charge in [0.2, 0.25) is 0 Å². The van der Waals surface area contributed by atoms with Crippen molar-refractivity contribution >= 4 is 38.4 Å². The van der Waals surface area contributed by atoms with E-state index in [1.54, 1.807) is 6.20 Å². The Balaban J connectivity index is 2.21. The molecule has 3 nitrogen and oxygen atoms in total. The summed E-state index contributed by atoms with van der Waals surface area (Å²) in [5.41, 5.74) is 3.14. The van der Waals surface area contributed by atoms with Gasteiger partial charge in [-0.1, -0.05) is 23.7 Å². The second kappa shape index (κ2) is 5.19. The van der Waals surface area contributed by atoms with E-state index in [1.807, 2.05) is 16.9 Å². The topological polar surface area (TPSA) is 30.7 Å². The number of benzene rings is 1. The van der Waals surface area contributed by atoms with Crippen LogP contribution in [0.1, 0.15) is 19.9 Å². The molecule has 0 atom stereocenters. The lowest BCUT2D eigenvalue weighted by molar-refractivity contribution is 0.551. The molecule has 0 radical (unpaired) electrons. The number of nitrogens with zero attached hydrogens (tertiary/aromatic N) is 3. The lowest BCUT2D eigenvalue weighted by atomic mass is 10.1. The maximum absolute atomic E-state index is 6.25. The lowest BCUT2D eigenvalue weighted by Crippen LogP contribution is -2.01. The maximum atomic E-state index is 6.25. The van der Waals surface area contributed by atoms with Crippen LogP contribution in [-0.4, -0.2) is 14.8 Å². The zero-order valence-electron chi connectivity index (χ0n) is 11.1. The Labute approximate surface area is 130 Å². The first-order chi connectivity index (χ1) is 9.56. The zero-order valence-corrected chi connectivity index (χ0v) is 13.5. The molecule has 0 N–H and O–H groups in total. The van der Waals surface area contributed by atoms with E-state index in [0.29, 0.717) is 11.1 Å². The van der Waals surface area contributed by atoms with E-state index in [-0.39, 0.29) is 0 Å². The molecule has 0 aliphatic heterocycles. The summed E-state index contributed by atoms with van der Waals surface area (Å²) in [6.07, 6.45) is 3.55. The van der Waals surface area contributed by atoms with Crippen molar-refractivity contribution in [1.82, 2.24) is 14.8 Å². The molecule has 3 rings (SSSR count). The molecule has 0 saturated carbocycles. The number of pyridine rings is 1. The van der Waals surface area contributed by atoms with Crippen LogP contribution in [0.4, 0.5) is 0 Å². The van der Waals surface area contributed by atoms with Gasteiger partial charge in [-0.3, -0.25) is 4.68 Å². The number of hydrogen-bond donors (Lipinski definition) is 0. The Kier molecular flexibility index (Phi) is 3.52. The molecule has 0 unspecified atom stereocenters. The predicted molar refractivity (Wildman–Crippen MR) is 86.1 cm³/mol. The Morgan fingerprint density at radius 2 is 2.00 bits per heavy atom. The van der Waals surface area contributed by atoms with Crippen LogP contribution < -0.4 is 0 Å². The van der Waals surface area contributed by atoms with Gasteiger partial charge in [0.15, 0.2) is 0 Å². The van der Waals surface area contributed by atoms with Crippen LogP contribution in [0, 0.1) is 0 Å². The molecule has 5 heteroatoms. The molecule has 20 heavy (non-hydrogen) atoms. The fraction of sp³-hybridized carbons (Fsp3) is 0.200. The molecule has 2 aromatic heterocycles. The number of halogens is 2. The highest BCUT2D eigenvalue weighted by molar-refractivity contribution is 9.10. The van der Waals surface area contributed by atoms with E-state index in [4.69, 9.17) is 11.6 Å². The summed E-state index contributed by atoms with van der Waals surface area (Å²) >= 11 is 9.64. The van der Waals surface area contributed by atoms with Crippen LogP contribution in [0.5, 0.6) is 0 Å². The monoisotopic (exact) mass is 349 g/mol. The molecule has 0 fully saturated rings. The number of rotatable bonds is 2. The molecule has 0 aliphatic rings. The quantitative estimate of drug-likeness (QED) is 0.602. The van der Waals surface area contributed by atoms with Crippen molar-refractivity contribution in [1.29, 1.82) is 0 Å². The molecule has 0 spiro atoms. The van der Waals surface area contributed by atoms with Gasteiger partial charge in [0.1, 0.15) is 4.60 Å². The SMILES string of the molecule is CC(C)n1ncc2ccc(-c3cc(Br)ncc3Cl)cc21. The Morgan fingerprint density at radius 3 is 2.75 bits per heavy atom. The largest absolute Gasteiger partial charge is 0.262 e. The van der Waals surface area contributed by atoms with Crippen molar-refractivity contribution in [2.24, 2.45) is 0 Å². The van der Waals surface area contributed by atoms with Crippen molar-refractivity contribution in [3.63, 3.8) is 0 Å². The molecule has 0 amide bonds. The summed E-state index contributed by atoms with van der Waals surface area (Å²) in [5.74, 6) is 0. The number of aromatic nitrogens is 3. The first-order valence-electron chi connectivity index (χ1n) is 6.35. The van der Waals surface area contributed by atoms with Crippen LogP contribution >= 0.6 is 27.5 Å². The van der Waals surface area contributed by atoms with Crippen molar-refractivity contribution in [3.05, 3.63) is 46.3 Å². The summed E-state index contributed by atoms with van der Waals surface area (Å²) in [6, 6.07) is 8.50. The Bertz CT molecular complexity index is 780. The van der Waals surface area contributed by atoms with E-state index in [1.165, 1.54) is 0 Å². The highest BCUT2D eigenvalue weighted by Gasteiger charge is 2.10. The van der Waals surface area contributed by atoms with Crippen LogP contribution in [-0.2, 0) is 0 Å². The van der Waals surface area contributed by atoms with Gasteiger partial charge in [0.05, 0.1) is 16.7 Å². The summed E-state index contributed by atoms with van der Waals surface area (Å²) in [4.78, 5) is 4.13. The van der Waals surface area contributed by atoms with E-state index in [2.05, 4.69) is 58.1 Å². The maximum Gasteiger partial charge on any atom is 0.106 e. The van der Waals surface area contributed by atoms with Crippen LogP contribution in [0.25, 0.3) is 22.0 Å². The molecule has 3 aromatic rings. The van der Waals surface area contributed by atoms with Gasteiger partial charge in [-0.15, -0.1) is 0 Å². The fourth-order valence-electron chi connectivity index (χ4n) is 2.25. The van der Waals surface area contributed by atoms with Crippen LogP contribution in [0.3, 0.4) is 0 Å². The van der Waals surface area contributed by atoms with Crippen molar-refractivity contribution in [3.8, 4) is 11.1 Å². The van der Waals surface area contributed by atoms with Gasteiger partial charge < -0.3 is 0 Å². The molecule has 2 heterocycles. The van der Waals surface area contributed by atoms with Gasteiger partial charge in [-0.05, 0) is 47.5 Å². The van der Waals surface area contributed by atoms with Gasteiger partial charge in [0.25, 0.3) is 0 Å². The van der Waals surface area contributed by atoms with Crippen LogP contribution in [0.15, 0.2) is 41.3 Å². The van der Waals surface area contributed by atoms with Crippen molar-refractivity contribution < 1.29 is 0 Å². The van der Waals surface area contributed by atoms with Gasteiger partial charge in [-0.2, -0.15) is 5.10 Å². The minimum Gasteiger partial charge on any atom is -0.262 e. The predicted octanol–water partition coefficient (Wildman–Crippen LogP) is 5.10. The van der Waals surface area contributed by atoms with Gasteiger partial charge in [-0.25, -0.2) is 4.98 Å². The van der Waals surface area contributed by atoms with E-state index >= 15 is 0 Å². The fourth-order valence-corrected chi connectivity index (χ4v) is 2.80. The summed E-state index contributed by atoms with van der Waals surface area (Å²) in [7, 11) is 0. The molecule has 102 valence electrons. The molecular weight excluding hydrogens is 338 g/mol. The first kappa shape index (κ1) is 13.6. The first-order valence-corrected chi connectivity index (χ1v) is 7.52. The van der Waals surface area contributed by atoms with E-state index in [0.717, 1.165) is 26.6 Å². The highest BCUT2D eigenvalue weighted by Crippen LogP contribution is 2.31. The molecule has 1 aromatic carbocycles. The second-order valence-corrected chi connectivity index (χ2v) is 6.16. The molecular formula is C15H13BrClN3. The summed E-state index contributed by atoms with van der Waals surface area (Å²) in [6.45, 7) is 4.24. The van der Waals surface area contributed by atoms with Crippen LogP contribution in [0.2, 0.25) is 5.02 Å². The zero-order chi connectivity index (χ0) is 14.3. The third kappa shape index (κ3) is 2.34. The average molecular weight is 351 g/mol. The third-order valence-corrected chi connectivity index (χ3v) is 3.96. The van der Waals surface area contributed by atoms with Gasteiger partial charge >= 0.3 is 0 Å². The summed E-state index contributed by atoms with van der Waals surface area (Å²) < 4.78 is 2.79.